The van der Waals surface area contributed by atoms with Gasteiger partial charge in [-0.15, -0.1) is 0 Å². The molecule has 19 heavy (non-hydrogen) atoms. The molecule has 104 valence electrons. The van der Waals surface area contributed by atoms with E-state index in [4.69, 9.17) is 33.7 Å². The van der Waals surface area contributed by atoms with Crippen LogP contribution >= 0.6 is 23.2 Å². The molecule has 0 aromatic heterocycles. The van der Waals surface area contributed by atoms with Crippen molar-refractivity contribution >= 4 is 23.2 Å². The number of hydrogen-bond acceptors (Lipinski definition) is 2. The van der Waals surface area contributed by atoms with Gasteiger partial charge in [0.05, 0.1) is 0 Å². The molecule has 1 aliphatic carbocycles. The first kappa shape index (κ1) is 13.7. The monoisotopic (exact) mass is 299 g/mol. The van der Waals surface area contributed by atoms with E-state index in [9.17, 15) is 0 Å². The molecular weight excluding hydrogens is 281 g/mol. The van der Waals surface area contributed by atoms with Gasteiger partial charge in [-0.1, -0.05) is 29.3 Å². The van der Waals surface area contributed by atoms with Gasteiger partial charge in [0.2, 0.25) is 0 Å². The fourth-order valence-corrected chi connectivity index (χ4v) is 4.52. The molecule has 0 amide bonds. The smallest absolute Gasteiger partial charge is 0.0471 e. The Balaban J connectivity index is 1.86. The van der Waals surface area contributed by atoms with E-state index in [0.717, 1.165) is 49.5 Å². The van der Waals surface area contributed by atoms with Gasteiger partial charge in [-0.3, -0.25) is 0 Å². The quantitative estimate of drug-likeness (QED) is 0.902. The third-order valence-corrected chi connectivity index (χ3v) is 5.42. The second kappa shape index (κ2) is 4.92. The second-order valence-corrected chi connectivity index (χ2v) is 6.92. The number of rotatable bonds is 2. The van der Waals surface area contributed by atoms with Gasteiger partial charge < -0.3 is 10.5 Å². The first-order valence-electron chi connectivity index (χ1n) is 6.83. The molecule has 0 bridgehead atoms. The van der Waals surface area contributed by atoms with E-state index in [2.05, 4.69) is 0 Å². The Labute approximate surface area is 124 Å². The molecule has 1 saturated heterocycles. The Morgan fingerprint density at radius 1 is 1.16 bits per heavy atom. The van der Waals surface area contributed by atoms with Gasteiger partial charge in [0.1, 0.15) is 0 Å². The summed E-state index contributed by atoms with van der Waals surface area (Å²) in [6, 6.07) is 5.78. The first-order chi connectivity index (χ1) is 9.09. The SMILES string of the molecule is NCC1(c2ccc(Cl)cc2Cl)CC2(CCOCC2)C1. The zero-order valence-electron chi connectivity index (χ0n) is 10.9. The Morgan fingerprint density at radius 3 is 2.42 bits per heavy atom. The molecule has 1 saturated carbocycles. The molecule has 2 aliphatic rings. The van der Waals surface area contributed by atoms with Crippen molar-refractivity contribution in [1.29, 1.82) is 0 Å². The molecule has 1 aromatic rings. The Morgan fingerprint density at radius 2 is 1.84 bits per heavy atom. The lowest BCUT2D eigenvalue weighted by atomic mass is 9.48. The predicted molar refractivity (Wildman–Crippen MR) is 78.9 cm³/mol. The van der Waals surface area contributed by atoms with Gasteiger partial charge in [0.15, 0.2) is 0 Å². The van der Waals surface area contributed by atoms with E-state index < -0.39 is 0 Å². The largest absolute Gasteiger partial charge is 0.381 e. The fourth-order valence-electron chi connectivity index (χ4n) is 3.91. The second-order valence-electron chi connectivity index (χ2n) is 6.07. The third-order valence-electron chi connectivity index (χ3n) is 4.87. The van der Waals surface area contributed by atoms with Crippen molar-refractivity contribution < 1.29 is 4.74 Å². The number of benzene rings is 1. The summed E-state index contributed by atoms with van der Waals surface area (Å²) in [6.07, 6.45) is 4.56. The van der Waals surface area contributed by atoms with Crippen molar-refractivity contribution in [1.82, 2.24) is 0 Å². The minimum Gasteiger partial charge on any atom is -0.381 e. The van der Waals surface area contributed by atoms with Crippen LogP contribution in [0.3, 0.4) is 0 Å². The zero-order chi connectivity index (χ0) is 13.5. The predicted octanol–water partition coefficient (Wildman–Crippen LogP) is 3.78. The van der Waals surface area contributed by atoms with E-state index in [1.807, 2.05) is 18.2 Å². The molecule has 1 spiro atoms. The Hall–Kier alpha value is -0.280. The molecule has 1 heterocycles. The van der Waals surface area contributed by atoms with Gasteiger partial charge >= 0.3 is 0 Å². The van der Waals surface area contributed by atoms with Crippen LogP contribution in [0.2, 0.25) is 10.0 Å². The molecule has 0 atom stereocenters. The van der Waals surface area contributed by atoms with E-state index in [-0.39, 0.29) is 5.41 Å². The first-order valence-corrected chi connectivity index (χ1v) is 7.58. The summed E-state index contributed by atoms with van der Waals surface area (Å²) < 4.78 is 5.47. The highest BCUT2D eigenvalue weighted by Crippen LogP contribution is 2.60. The summed E-state index contributed by atoms with van der Waals surface area (Å²) in [5.41, 5.74) is 7.71. The molecular formula is C15H19Cl2NO. The van der Waals surface area contributed by atoms with Gasteiger partial charge in [-0.25, -0.2) is 0 Å². The third kappa shape index (κ3) is 2.29. The molecule has 3 rings (SSSR count). The summed E-state index contributed by atoms with van der Waals surface area (Å²) in [5.74, 6) is 0. The highest BCUT2D eigenvalue weighted by Gasteiger charge is 2.55. The van der Waals surface area contributed by atoms with Crippen LogP contribution in [0.4, 0.5) is 0 Å². The lowest BCUT2D eigenvalue weighted by Crippen LogP contribution is -2.55. The molecule has 2 N–H and O–H groups in total. The number of halogens is 2. The lowest BCUT2D eigenvalue weighted by molar-refractivity contribution is -0.0714. The molecule has 0 unspecified atom stereocenters. The van der Waals surface area contributed by atoms with Gasteiger partial charge in [0.25, 0.3) is 0 Å². The molecule has 1 aliphatic heterocycles. The summed E-state index contributed by atoms with van der Waals surface area (Å²) in [5, 5.41) is 1.43. The average molecular weight is 300 g/mol. The molecule has 1 aromatic carbocycles. The molecule has 2 fully saturated rings. The van der Waals surface area contributed by atoms with Gasteiger partial charge in [0, 0.05) is 35.2 Å². The van der Waals surface area contributed by atoms with Crippen LogP contribution in [-0.2, 0) is 10.2 Å². The van der Waals surface area contributed by atoms with E-state index in [1.165, 1.54) is 0 Å². The van der Waals surface area contributed by atoms with Crippen molar-refractivity contribution in [3.05, 3.63) is 33.8 Å². The Bertz CT molecular complexity index is 475. The lowest BCUT2D eigenvalue weighted by Gasteiger charge is -2.58. The van der Waals surface area contributed by atoms with E-state index in [0.29, 0.717) is 17.0 Å². The van der Waals surface area contributed by atoms with Crippen LogP contribution in [-0.4, -0.2) is 19.8 Å². The summed E-state index contributed by atoms with van der Waals surface area (Å²) >= 11 is 12.3. The highest BCUT2D eigenvalue weighted by atomic mass is 35.5. The van der Waals surface area contributed by atoms with Crippen LogP contribution in [0.1, 0.15) is 31.2 Å². The fraction of sp³-hybridized carbons (Fsp3) is 0.600. The highest BCUT2D eigenvalue weighted by molar-refractivity contribution is 6.35. The van der Waals surface area contributed by atoms with E-state index in [1.54, 1.807) is 0 Å². The van der Waals surface area contributed by atoms with Gasteiger partial charge in [-0.2, -0.15) is 0 Å². The molecule has 4 heteroatoms. The van der Waals surface area contributed by atoms with Crippen molar-refractivity contribution in [2.24, 2.45) is 11.1 Å². The normalized spacial score (nSPS) is 24.2. The van der Waals surface area contributed by atoms with E-state index >= 15 is 0 Å². The van der Waals surface area contributed by atoms with Crippen molar-refractivity contribution in [2.75, 3.05) is 19.8 Å². The maximum absolute atomic E-state index is 6.37. The van der Waals surface area contributed by atoms with Crippen LogP contribution < -0.4 is 5.73 Å². The number of nitrogens with two attached hydrogens (primary N) is 1. The summed E-state index contributed by atoms with van der Waals surface area (Å²) in [4.78, 5) is 0. The minimum absolute atomic E-state index is 0.0407. The minimum atomic E-state index is 0.0407. The molecule has 0 radical (unpaired) electrons. The maximum atomic E-state index is 6.37. The number of hydrogen-bond donors (Lipinski definition) is 1. The maximum Gasteiger partial charge on any atom is 0.0471 e. The van der Waals surface area contributed by atoms with Crippen molar-refractivity contribution in [2.45, 2.75) is 31.1 Å². The van der Waals surface area contributed by atoms with Crippen LogP contribution in [0, 0.1) is 5.41 Å². The van der Waals surface area contributed by atoms with Crippen LogP contribution in [0.5, 0.6) is 0 Å². The zero-order valence-corrected chi connectivity index (χ0v) is 12.4. The van der Waals surface area contributed by atoms with Crippen LogP contribution in [0.15, 0.2) is 18.2 Å². The summed E-state index contributed by atoms with van der Waals surface area (Å²) in [6.45, 7) is 2.42. The standard InChI is InChI=1S/C15H19Cl2NO/c16-11-1-2-12(13(17)7-11)15(10-18)8-14(9-15)3-5-19-6-4-14/h1-2,7H,3-6,8-10,18H2. The summed E-state index contributed by atoms with van der Waals surface area (Å²) in [7, 11) is 0. The average Bonchev–Trinajstić information content (AvgIpc) is 2.37. The van der Waals surface area contributed by atoms with Gasteiger partial charge in [-0.05, 0) is 48.8 Å². The van der Waals surface area contributed by atoms with Crippen LogP contribution in [0.25, 0.3) is 0 Å². The number of ether oxygens (including phenoxy) is 1. The van der Waals surface area contributed by atoms with Crippen molar-refractivity contribution in [3.8, 4) is 0 Å². The topological polar surface area (TPSA) is 35.2 Å². The van der Waals surface area contributed by atoms with Crippen molar-refractivity contribution in [3.63, 3.8) is 0 Å². The molecule has 2 nitrogen and oxygen atoms in total. The Kier molecular flexibility index (Phi) is 3.55.